The summed E-state index contributed by atoms with van der Waals surface area (Å²) in [6, 6.07) is 11.1. The van der Waals surface area contributed by atoms with Crippen molar-refractivity contribution in [2.45, 2.75) is 6.92 Å². The van der Waals surface area contributed by atoms with Crippen LogP contribution in [-0.2, 0) is 0 Å². The Balaban J connectivity index is 2.17. The summed E-state index contributed by atoms with van der Waals surface area (Å²) in [7, 11) is 0. The predicted molar refractivity (Wildman–Crippen MR) is 84.8 cm³/mol. The number of H-pyrrole nitrogens is 1. The van der Waals surface area contributed by atoms with E-state index < -0.39 is 0 Å². The second-order valence-electron chi connectivity index (χ2n) is 4.89. The number of allylic oxidation sites excluding steroid dienone is 1. The average molecular weight is 288 g/mol. The Morgan fingerprint density at radius 1 is 1.27 bits per heavy atom. The number of nitriles is 1. The molecule has 0 unspecified atom stereocenters. The van der Waals surface area contributed by atoms with Gasteiger partial charge in [0.1, 0.15) is 6.07 Å². The van der Waals surface area contributed by atoms with Gasteiger partial charge < -0.3 is 4.98 Å². The lowest BCUT2D eigenvalue weighted by Gasteiger charge is -2.03. The van der Waals surface area contributed by atoms with Gasteiger partial charge in [-0.25, -0.2) is 4.98 Å². The van der Waals surface area contributed by atoms with Crippen molar-refractivity contribution in [3.8, 4) is 6.07 Å². The minimum atomic E-state index is -0.250. The largest absolute Gasteiger partial charge is 0.305 e. The summed E-state index contributed by atoms with van der Waals surface area (Å²) in [6.45, 7) is 1.91. The summed E-state index contributed by atoms with van der Waals surface area (Å²) >= 11 is 0. The highest BCUT2D eigenvalue weighted by Gasteiger charge is 2.08. The van der Waals surface area contributed by atoms with Gasteiger partial charge in [0.15, 0.2) is 5.82 Å². The average Bonchev–Trinajstić information content (AvgIpc) is 2.54. The first-order chi connectivity index (χ1) is 10.7. The lowest BCUT2D eigenvalue weighted by atomic mass is 10.1. The van der Waals surface area contributed by atoms with Crippen molar-refractivity contribution in [3.63, 3.8) is 0 Å². The maximum atomic E-state index is 12.2. The topological polar surface area (TPSA) is 82.4 Å². The van der Waals surface area contributed by atoms with E-state index >= 15 is 0 Å². The molecule has 0 bridgehead atoms. The summed E-state index contributed by atoms with van der Waals surface area (Å²) in [5.74, 6) is 0.265. The SMILES string of the molecule is Cc1ccc2nc(/C(C#N)=C/c3ccncc3)[nH]c(=O)c2c1. The van der Waals surface area contributed by atoms with E-state index in [1.54, 1.807) is 42.7 Å². The number of aromatic nitrogens is 3. The van der Waals surface area contributed by atoms with Gasteiger partial charge in [-0.1, -0.05) is 11.6 Å². The number of aryl methyl sites for hydroxylation is 1. The first-order valence-corrected chi connectivity index (χ1v) is 6.70. The molecule has 1 N–H and O–H groups in total. The minimum absolute atomic E-state index is 0.250. The molecule has 3 aromatic rings. The van der Waals surface area contributed by atoms with E-state index in [1.165, 1.54) is 0 Å². The molecule has 0 aliphatic rings. The van der Waals surface area contributed by atoms with E-state index in [4.69, 9.17) is 0 Å². The number of nitrogens with zero attached hydrogens (tertiary/aromatic N) is 3. The van der Waals surface area contributed by atoms with E-state index in [9.17, 15) is 10.1 Å². The van der Waals surface area contributed by atoms with E-state index in [1.807, 2.05) is 13.0 Å². The summed E-state index contributed by atoms with van der Waals surface area (Å²) in [5.41, 5.74) is 2.42. The van der Waals surface area contributed by atoms with E-state index in [0.29, 0.717) is 16.5 Å². The second-order valence-corrected chi connectivity index (χ2v) is 4.89. The molecule has 0 saturated carbocycles. The Kier molecular flexibility index (Phi) is 3.50. The minimum Gasteiger partial charge on any atom is -0.305 e. The maximum Gasteiger partial charge on any atom is 0.259 e. The third-order valence-corrected chi connectivity index (χ3v) is 3.25. The number of pyridine rings is 1. The Morgan fingerprint density at radius 3 is 2.77 bits per heavy atom. The number of nitrogens with one attached hydrogen (secondary N) is 1. The molecule has 1 aromatic carbocycles. The van der Waals surface area contributed by atoms with Crippen LogP contribution in [0.15, 0.2) is 47.5 Å². The highest BCUT2D eigenvalue weighted by Crippen LogP contribution is 2.16. The second kappa shape index (κ2) is 5.62. The van der Waals surface area contributed by atoms with Gasteiger partial charge in [-0.3, -0.25) is 9.78 Å². The summed E-state index contributed by atoms with van der Waals surface area (Å²) in [5, 5.41) is 9.87. The molecule has 0 aliphatic carbocycles. The van der Waals surface area contributed by atoms with Gasteiger partial charge in [-0.05, 0) is 42.8 Å². The highest BCUT2D eigenvalue weighted by molar-refractivity contribution is 5.89. The number of rotatable bonds is 2. The van der Waals surface area contributed by atoms with Gasteiger partial charge in [-0.15, -0.1) is 0 Å². The predicted octanol–water partition coefficient (Wildman–Crippen LogP) is 2.69. The summed E-state index contributed by atoms with van der Waals surface area (Å²) in [6.07, 6.45) is 4.94. The number of hydrogen-bond donors (Lipinski definition) is 1. The summed E-state index contributed by atoms with van der Waals surface area (Å²) in [4.78, 5) is 23.2. The van der Waals surface area contributed by atoms with Crippen LogP contribution in [0.25, 0.3) is 22.6 Å². The van der Waals surface area contributed by atoms with Crippen molar-refractivity contribution >= 4 is 22.6 Å². The van der Waals surface area contributed by atoms with Crippen molar-refractivity contribution in [1.29, 1.82) is 5.26 Å². The molecule has 0 spiro atoms. The van der Waals surface area contributed by atoms with Crippen LogP contribution in [0.2, 0.25) is 0 Å². The quantitative estimate of drug-likeness (QED) is 0.735. The molecule has 5 nitrogen and oxygen atoms in total. The molecule has 0 saturated heterocycles. The fourth-order valence-electron chi connectivity index (χ4n) is 2.16. The van der Waals surface area contributed by atoms with E-state index in [-0.39, 0.29) is 11.4 Å². The fourth-order valence-corrected chi connectivity index (χ4v) is 2.16. The first-order valence-electron chi connectivity index (χ1n) is 6.70. The van der Waals surface area contributed by atoms with Crippen LogP contribution in [0.1, 0.15) is 17.0 Å². The molecule has 0 fully saturated rings. The fraction of sp³-hybridized carbons (Fsp3) is 0.0588. The van der Waals surface area contributed by atoms with Crippen molar-refractivity contribution in [3.05, 3.63) is 70.0 Å². The van der Waals surface area contributed by atoms with Gasteiger partial charge >= 0.3 is 0 Å². The zero-order valence-electron chi connectivity index (χ0n) is 11.9. The van der Waals surface area contributed by atoms with Gasteiger partial charge in [-0.2, -0.15) is 5.26 Å². The van der Waals surface area contributed by atoms with Crippen molar-refractivity contribution in [2.75, 3.05) is 0 Å². The Hall–Kier alpha value is -3.26. The van der Waals surface area contributed by atoms with Crippen LogP contribution < -0.4 is 5.56 Å². The van der Waals surface area contributed by atoms with Crippen LogP contribution in [0.5, 0.6) is 0 Å². The van der Waals surface area contributed by atoms with Crippen LogP contribution in [0.4, 0.5) is 0 Å². The highest BCUT2D eigenvalue weighted by atomic mass is 16.1. The molecule has 106 valence electrons. The number of aromatic amines is 1. The number of hydrogen-bond acceptors (Lipinski definition) is 4. The molecule has 2 aromatic heterocycles. The van der Waals surface area contributed by atoms with Gasteiger partial charge in [0.25, 0.3) is 5.56 Å². The zero-order valence-corrected chi connectivity index (χ0v) is 11.9. The van der Waals surface area contributed by atoms with Crippen LogP contribution in [0.3, 0.4) is 0 Å². The normalized spacial score (nSPS) is 11.4. The lowest BCUT2D eigenvalue weighted by molar-refractivity contribution is 1.13. The van der Waals surface area contributed by atoms with Crippen LogP contribution in [-0.4, -0.2) is 15.0 Å². The Labute approximate surface area is 126 Å². The molecule has 0 radical (unpaired) electrons. The van der Waals surface area contributed by atoms with E-state index in [2.05, 4.69) is 21.0 Å². The van der Waals surface area contributed by atoms with E-state index in [0.717, 1.165) is 11.1 Å². The molecular formula is C17H12N4O. The van der Waals surface area contributed by atoms with Gasteiger partial charge in [0, 0.05) is 12.4 Å². The molecule has 0 aliphatic heterocycles. The van der Waals surface area contributed by atoms with Crippen molar-refractivity contribution in [1.82, 2.24) is 15.0 Å². The summed E-state index contributed by atoms with van der Waals surface area (Å²) < 4.78 is 0. The Morgan fingerprint density at radius 2 is 2.05 bits per heavy atom. The standard InChI is InChI=1S/C17H12N4O/c1-11-2-3-15-14(8-11)17(22)21-16(20-15)13(10-18)9-12-4-6-19-7-5-12/h2-9H,1H3,(H,20,21,22)/b13-9+. The number of fused-ring (bicyclic) bond motifs is 1. The van der Waals surface area contributed by atoms with Crippen molar-refractivity contribution < 1.29 is 0 Å². The van der Waals surface area contributed by atoms with Gasteiger partial charge in [0.05, 0.1) is 16.5 Å². The van der Waals surface area contributed by atoms with Gasteiger partial charge in [0.2, 0.25) is 0 Å². The van der Waals surface area contributed by atoms with Crippen LogP contribution in [0, 0.1) is 18.3 Å². The molecule has 22 heavy (non-hydrogen) atoms. The molecule has 0 atom stereocenters. The molecule has 5 heteroatoms. The number of benzene rings is 1. The van der Waals surface area contributed by atoms with Crippen molar-refractivity contribution in [2.24, 2.45) is 0 Å². The third-order valence-electron chi connectivity index (χ3n) is 3.25. The zero-order chi connectivity index (χ0) is 15.5. The lowest BCUT2D eigenvalue weighted by Crippen LogP contribution is -2.11. The molecular weight excluding hydrogens is 276 g/mol. The molecule has 0 amide bonds. The Bertz CT molecular complexity index is 965. The first kappa shape index (κ1) is 13.7. The smallest absolute Gasteiger partial charge is 0.259 e. The third kappa shape index (κ3) is 2.63. The maximum absolute atomic E-state index is 12.2. The monoisotopic (exact) mass is 288 g/mol. The molecule has 3 rings (SSSR count). The van der Waals surface area contributed by atoms with Crippen LogP contribution >= 0.6 is 0 Å². The molecule has 2 heterocycles.